The molecule has 194 valence electrons. The minimum atomic E-state index is -4.55. The molecule has 0 aromatic heterocycles. The molecular formula is C27H40NO6P. The molecular weight excluding hydrogens is 465 g/mol. The van der Waals surface area contributed by atoms with E-state index in [2.05, 4.69) is 38.2 Å². The first-order valence-corrected chi connectivity index (χ1v) is 13.6. The molecule has 35 heavy (non-hydrogen) atoms. The van der Waals surface area contributed by atoms with E-state index in [-0.39, 0.29) is 12.8 Å². The summed E-state index contributed by atoms with van der Waals surface area (Å²) in [5.41, 5.74) is 3.14. The van der Waals surface area contributed by atoms with Crippen LogP contribution in [0.4, 0.5) is 0 Å². The fourth-order valence-electron chi connectivity index (χ4n) is 3.53. The van der Waals surface area contributed by atoms with Gasteiger partial charge in [-0.05, 0) is 65.4 Å². The molecule has 0 spiro atoms. The molecule has 7 nitrogen and oxygen atoms in total. The molecule has 0 aliphatic heterocycles. The van der Waals surface area contributed by atoms with Gasteiger partial charge in [-0.3, -0.25) is 9.36 Å². The predicted octanol–water partition coefficient (Wildman–Crippen LogP) is 5.54. The second-order valence-electron chi connectivity index (χ2n) is 9.29. The lowest BCUT2D eigenvalue weighted by atomic mass is 10.0. The van der Waals surface area contributed by atoms with Crippen LogP contribution in [0.15, 0.2) is 65.3 Å². The van der Waals surface area contributed by atoms with Crippen LogP contribution in [-0.2, 0) is 20.6 Å². The fraction of sp³-hybridized carbons (Fsp3) is 0.481. The number of carboxylic acids is 1. The van der Waals surface area contributed by atoms with Crippen LogP contribution in [0.5, 0.6) is 0 Å². The van der Waals surface area contributed by atoms with Crippen molar-refractivity contribution in [3.63, 3.8) is 0 Å². The van der Waals surface area contributed by atoms with Crippen molar-refractivity contribution in [1.82, 2.24) is 5.32 Å². The summed E-state index contributed by atoms with van der Waals surface area (Å²) >= 11 is 0. The van der Waals surface area contributed by atoms with Crippen molar-refractivity contribution < 1.29 is 29.0 Å². The third kappa shape index (κ3) is 13.9. The Morgan fingerprint density at radius 1 is 0.943 bits per heavy atom. The lowest BCUT2D eigenvalue weighted by molar-refractivity contribution is -0.141. The number of amides is 1. The van der Waals surface area contributed by atoms with E-state index in [1.807, 2.05) is 6.92 Å². The average Bonchev–Trinajstić information content (AvgIpc) is 2.75. The van der Waals surface area contributed by atoms with Crippen LogP contribution in [0.1, 0.15) is 71.8 Å². The molecule has 0 aliphatic rings. The summed E-state index contributed by atoms with van der Waals surface area (Å²) < 4.78 is 12.0. The summed E-state index contributed by atoms with van der Waals surface area (Å²) in [7, 11) is -4.55. The third-order valence-electron chi connectivity index (χ3n) is 5.67. The standard InChI is InChI=1S/C27H40NO6P/c1-20(2)10-8-11-21(3)12-9-13-22(4)16-17-24(35(32,33)34)19-26(29)28-25(27(30)31)18-23-14-6-5-7-15-23/h5-7,10,12,14-16,24-25H,8-9,11,13,17-19H2,1-4H3,(H,28,29)(H,30,31)(H2,32,33,34)/b21-12+,22-16+/t24?,25-/m0/s1. The number of allylic oxidation sites excluding steroid dienone is 6. The highest BCUT2D eigenvalue weighted by Crippen LogP contribution is 2.45. The van der Waals surface area contributed by atoms with Crippen LogP contribution >= 0.6 is 7.60 Å². The highest BCUT2D eigenvalue weighted by Gasteiger charge is 2.31. The van der Waals surface area contributed by atoms with Crippen molar-refractivity contribution in [2.75, 3.05) is 0 Å². The van der Waals surface area contributed by atoms with Crippen LogP contribution in [0.3, 0.4) is 0 Å². The minimum absolute atomic E-state index is 0.0449. The van der Waals surface area contributed by atoms with Crippen LogP contribution in [0.25, 0.3) is 0 Å². The summed E-state index contributed by atoms with van der Waals surface area (Å²) in [5, 5.41) is 11.9. The Hall–Kier alpha value is -2.47. The molecule has 0 fully saturated rings. The number of benzene rings is 1. The van der Waals surface area contributed by atoms with Crippen LogP contribution in [0, 0.1) is 0 Å². The van der Waals surface area contributed by atoms with Crippen molar-refractivity contribution in [2.24, 2.45) is 0 Å². The zero-order chi connectivity index (χ0) is 26.4. The predicted molar refractivity (Wildman–Crippen MR) is 140 cm³/mol. The largest absolute Gasteiger partial charge is 0.480 e. The first kappa shape index (κ1) is 30.6. The fourth-order valence-corrected chi connectivity index (χ4v) is 4.32. The van der Waals surface area contributed by atoms with Crippen molar-refractivity contribution in [3.05, 3.63) is 70.8 Å². The van der Waals surface area contributed by atoms with Gasteiger partial charge in [0.1, 0.15) is 6.04 Å². The van der Waals surface area contributed by atoms with Gasteiger partial charge < -0.3 is 20.2 Å². The van der Waals surface area contributed by atoms with E-state index >= 15 is 0 Å². The smallest absolute Gasteiger partial charge is 0.329 e. The van der Waals surface area contributed by atoms with Crippen molar-refractivity contribution >= 4 is 19.5 Å². The van der Waals surface area contributed by atoms with Gasteiger partial charge in [0, 0.05) is 12.8 Å². The second-order valence-corrected chi connectivity index (χ2v) is 11.2. The Kier molecular flexibility index (Phi) is 13.5. The number of carbonyl (C=O) groups excluding carboxylic acids is 1. The number of carbonyl (C=O) groups is 2. The van der Waals surface area contributed by atoms with E-state index in [1.165, 1.54) is 11.1 Å². The van der Waals surface area contributed by atoms with Gasteiger partial charge in [-0.25, -0.2) is 4.79 Å². The van der Waals surface area contributed by atoms with E-state index in [0.29, 0.717) is 0 Å². The van der Waals surface area contributed by atoms with Gasteiger partial charge in [0.25, 0.3) is 0 Å². The summed E-state index contributed by atoms with van der Waals surface area (Å²) in [4.78, 5) is 43.6. The lowest BCUT2D eigenvalue weighted by Crippen LogP contribution is -2.43. The molecule has 0 saturated heterocycles. The lowest BCUT2D eigenvalue weighted by Gasteiger charge is -2.19. The molecule has 0 bridgehead atoms. The van der Waals surface area contributed by atoms with Gasteiger partial charge in [-0.2, -0.15) is 0 Å². The Balaban J connectivity index is 2.66. The quantitative estimate of drug-likeness (QED) is 0.183. The van der Waals surface area contributed by atoms with E-state index in [1.54, 1.807) is 36.4 Å². The number of hydrogen-bond acceptors (Lipinski definition) is 3. The topological polar surface area (TPSA) is 124 Å². The molecule has 8 heteroatoms. The normalized spacial score (nSPS) is 14.2. The highest BCUT2D eigenvalue weighted by molar-refractivity contribution is 7.52. The summed E-state index contributed by atoms with van der Waals surface area (Å²) in [5.74, 6) is -1.89. The van der Waals surface area contributed by atoms with Crippen molar-refractivity contribution in [1.29, 1.82) is 0 Å². The van der Waals surface area contributed by atoms with Gasteiger partial charge >= 0.3 is 13.6 Å². The van der Waals surface area contributed by atoms with Crippen LogP contribution < -0.4 is 5.32 Å². The first-order valence-electron chi connectivity index (χ1n) is 11.9. The maximum atomic E-state index is 12.5. The molecule has 4 N–H and O–H groups in total. The van der Waals surface area contributed by atoms with Gasteiger partial charge in [0.05, 0.1) is 5.66 Å². The maximum Gasteiger partial charge on any atom is 0.329 e. The SMILES string of the molecule is CC(C)=CCC/C(C)=C/CC/C(C)=C/CC(CC(=O)N[C@@H](Cc1ccccc1)C(=O)O)P(=O)(O)O. The maximum absolute atomic E-state index is 12.5. The van der Waals surface area contributed by atoms with Gasteiger partial charge in [-0.1, -0.05) is 65.3 Å². The van der Waals surface area contributed by atoms with E-state index in [9.17, 15) is 29.0 Å². The van der Waals surface area contributed by atoms with Gasteiger partial charge in [0.2, 0.25) is 5.91 Å². The molecule has 2 atom stereocenters. The Labute approximate surface area is 209 Å². The van der Waals surface area contributed by atoms with Gasteiger partial charge in [0.15, 0.2) is 0 Å². The van der Waals surface area contributed by atoms with E-state index < -0.39 is 37.6 Å². The zero-order valence-corrected chi connectivity index (χ0v) is 22.1. The molecule has 0 aliphatic carbocycles. The number of carboxylic acid groups (broad SMARTS) is 1. The monoisotopic (exact) mass is 505 g/mol. The van der Waals surface area contributed by atoms with Crippen LogP contribution in [-0.4, -0.2) is 38.5 Å². The van der Waals surface area contributed by atoms with Gasteiger partial charge in [-0.15, -0.1) is 0 Å². The summed E-state index contributed by atoms with van der Waals surface area (Å²) in [6.07, 6.45) is 9.46. The van der Waals surface area contributed by atoms with E-state index in [0.717, 1.165) is 36.8 Å². The van der Waals surface area contributed by atoms with E-state index in [4.69, 9.17) is 0 Å². The molecule has 0 saturated carbocycles. The van der Waals surface area contributed by atoms with Crippen molar-refractivity contribution in [2.45, 2.75) is 84.3 Å². The minimum Gasteiger partial charge on any atom is -0.480 e. The Morgan fingerprint density at radius 2 is 1.51 bits per heavy atom. The Morgan fingerprint density at radius 3 is 2.06 bits per heavy atom. The molecule has 1 unspecified atom stereocenters. The van der Waals surface area contributed by atoms with Crippen LogP contribution in [0.2, 0.25) is 0 Å². The third-order valence-corrected chi connectivity index (χ3v) is 7.02. The zero-order valence-electron chi connectivity index (χ0n) is 21.2. The summed E-state index contributed by atoms with van der Waals surface area (Å²) in [6, 6.07) is 7.70. The highest BCUT2D eigenvalue weighted by atomic mass is 31.2. The number of nitrogens with one attached hydrogen (secondary N) is 1. The molecule has 0 radical (unpaired) electrons. The molecule has 1 amide bonds. The average molecular weight is 506 g/mol. The number of rotatable bonds is 15. The number of hydrogen-bond donors (Lipinski definition) is 4. The molecule has 1 aromatic carbocycles. The Bertz CT molecular complexity index is 957. The summed E-state index contributed by atoms with van der Waals surface area (Å²) in [6.45, 7) is 8.17. The van der Waals surface area contributed by atoms with Crippen molar-refractivity contribution in [3.8, 4) is 0 Å². The number of aliphatic carboxylic acids is 1. The molecule has 1 aromatic rings. The first-order chi connectivity index (χ1) is 16.4. The second kappa shape index (κ2) is 15.5. The molecule has 0 heterocycles. The molecule has 1 rings (SSSR count).